The highest BCUT2D eigenvalue weighted by atomic mass is 79.9. The van der Waals surface area contributed by atoms with Crippen molar-refractivity contribution in [2.75, 3.05) is 11.9 Å². The zero-order chi connectivity index (χ0) is 14.1. The first-order valence-electron chi connectivity index (χ1n) is 6.89. The molecule has 0 spiro atoms. The molecule has 3 heteroatoms. The van der Waals surface area contributed by atoms with E-state index in [1.807, 2.05) is 0 Å². The second-order valence-corrected chi connectivity index (χ2v) is 6.05. The van der Waals surface area contributed by atoms with Crippen molar-refractivity contribution < 1.29 is 4.74 Å². The Bertz CT molecular complexity index is 652. The van der Waals surface area contributed by atoms with Gasteiger partial charge in [-0.05, 0) is 42.2 Å². The van der Waals surface area contributed by atoms with Crippen molar-refractivity contribution in [3.05, 3.63) is 57.1 Å². The summed E-state index contributed by atoms with van der Waals surface area (Å²) in [7, 11) is 0. The molecule has 0 radical (unpaired) electrons. The van der Waals surface area contributed by atoms with Gasteiger partial charge in [-0.3, -0.25) is 0 Å². The van der Waals surface area contributed by atoms with E-state index in [1.54, 1.807) is 0 Å². The van der Waals surface area contributed by atoms with Crippen molar-refractivity contribution in [3.63, 3.8) is 0 Å². The molecule has 0 saturated carbocycles. The van der Waals surface area contributed by atoms with Crippen molar-refractivity contribution in [2.24, 2.45) is 0 Å². The van der Waals surface area contributed by atoms with E-state index < -0.39 is 0 Å². The minimum Gasteiger partial charge on any atom is -0.493 e. The van der Waals surface area contributed by atoms with E-state index >= 15 is 0 Å². The average molecular weight is 332 g/mol. The second-order valence-electron chi connectivity index (χ2n) is 5.26. The molecule has 1 heterocycles. The SMILES string of the molecule is Cc1ccc(CNc2ccc3c(c2)OCC3)c(C)c1Br. The molecule has 0 aliphatic carbocycles. The predicted octanol–water partition coefficient (Wildman–Crippen LogP) is 4.61. The standard InChI is InChI=1S/C17H18BrNO/c1-11-3-4-14(12(2)17(11)18)10-19-15-6-5-13-7-8-20-16(13)9-15/h3-6,9,19H,7-8,10H2,1-2H3. The van der Waals surface area contributed by atoms with E-state index in [-0.39, 0.29) is 0 Å². The number of benzene rings is 2. The van der Waals surface area contributed by atoms with Gasteiger partial charge in [0, 0.05) is 29.2 Å². The lowest BCUT2D eigenvalue weighted by Crippen LogP contribution is -2.02. The number of ether oxygens (including phenoxy) is 1. The highest BCUT2D eigenvalue weighted by Gasteiger charge is 2.12. The molecular weight excluding hydrogens is 314 g/mol. The number of fused-ring (bicyclic) bond motifs is 1. The summed E-state index contributed by atoms with van der Waals surface area (Å²) in [5.41, 5.74) is 6.31. The third kappa shape index (κ3) is 2.55. The first-order chi connectivity index (χ1) is 9.65. The van der Waals surface area contributed by atoms with E-state index in [2.05, 4.69) is 65.4 Å². The summed E-state index contributed by atoms with van der Waals surface area (Å²) in [6.07, 6.45) is 1.03. The van der Waals surface area contributed by atoms with Gasteiger partial charge in [-0.15, -0.1) is 0 Å². The Labute approximate surface area is 128 Å². The number of hydrogen-bond acceptors (Lipinski definition) is 2. The maximum absolute atomic E-state index is 5.60. The minimum absolute atomic E-state index is 0.808. The largest absolute Gasteiger partial charge is 0.493 e. The van der Waals surface area contributed by atoms with Crippen molar-refractivity contribution in [1.82, 2.24) is 0 Å². The number of hydrogen-bond donors (Lipinski definition) is 1. The monoisotopic (exact) mass is 331 g/mol. The molecule has 0 bridgehead atoms. The molecule has 0 saturated heterocycles. The first-order valence-corrected chi connectivity index (χ1v) is 7.68. The lowest BCUT2D eigenvalue weighted by Gasteiger charge is -2.12. The third-order valence-electron chi connectivity index (χ3n) is 3.87. The van der Waals surface area contributed by atoms with Crippen molar-refractivity contribution >= 4 is 21.6 Å². The number of rotatable bonds is 3. The molecule has 1 aliphatic rings. The van der Waals surface area contributed by atoms with Crippen LogP contribution in [0.4, 0.5) is 5.69 Å². The summed E-state index contributed by atoms with van der Waals surface area (Å²) in [5, 5.41) is 3.48. The van der Waals surface area contributed by atoms with Crippen LogP contribution in [0.25, 0.3) is 0 Å². The van der Waals surface area contributed by atoms with Crippen molar-refractivity contribution in [1.29, 1.82) is 0 Å². The Kier molecular flexibility index (Phi) is 3.70. The smallest absolute Gasteiger partial charge is 0.124 e. The molecule has 0 amide bonds. The number of nitrogens with one attached hydrogen (secondary N) is 1. The van der Waals surface area contributed by atoms with Gasteiger partial charge >= 0.3 is 0 Å². The fourth-order valence-corrected chi connectivity index (χ4v) is 2.91. The van der Waals surface area contributed by atoms with Gasteiger partial charge in [0.2, 0.25) is 0 Å². The average Bonchev–Trinajstić information content (AvgIpc) is 2.91. The zero-order valence-corrected chi connectivity index (χ0v) is 13.4. The van der Waals surface area contributed by atoms with Gasteiger partial charge in [-0.25, -0.2) is 0 Å². The highest BCUT2D eigenvalue weighted by Crippen LogP contribution is 2.29. The van der Waals surface area contributed by atoms with Crippen LogP contribution in [0.1, 0.15) is 22.3 Å². The molecule has 1 aliphatic heterocycles. The van der Waals surface area contributed by atoms with Crippen LogP contribution in [0.3, 0.4) is 0 Å². The molecule has 2 aromatic rings. The van der Waals surface area contributed by atoms with Crippen LogP contribution in [-0.4, -0.2) is 6.61 Å². The van der Waals surface area contributed by atoms with Gasteiger partial charge in [-0.1, -0.05) is 34.1 Å². The molecule has 0 fully saturated rings. The summed E-state index contributed by atoms with van der Waals surface area (Å²) in [6.45, 7) is 5.90. The maximum Gasteiger partial charge on any atom is 0.124 e. The van der Waals surface area contributed by atoms with Crippen molar-refractivity contribution in [2.45, 2.75) is 26.8 Å². The van der Waals surface area contributed by atoms with Gasteiger partial charge in [-0.2, -0.15) is 0 Å². The third-order valence-corrected chi connectivity index (χ3v) is 5.09. The normalized spacial score (nSPS) is 12.9. The number of aryl methyl sites for hydroxylation is 1. The van der Waals surface area contributed by atoms with E-state index in [1.165, 1.54) is 26.7 Å². The van der Waals surface area contributed by atoms with E-state index in [0.717, 1.165) is 31.0 Å². The Hall–Kier alpha value is -1.48. The first kappa shape index (κ1) is 13.5. The van der Waals surface area contributed by atoms with Gasteiger partial charge < -0.3 is 10.1 Å². The predicted molar refractivity (Wildman–Crippen MR) is 86.6 cm³/mol. The summed E-state index contributed by atoms with van der Waals surface area (Å²) < 4.78 is 6.81. The second kappa shape index (κ2) is 5.49. The van der Waals surface area contributed by atoms with E-state index in [0.29, 0.717) is 0 Å². The van der Waals surface area contributed by atoms with Crippen LogP contribution in [-0.2, 0) is 13.0 Å². The van der Waals surface area contributed by atoms with Crippen LogP contribution in [0.5, 0.6) is 5.75 Å². The van der Waals surface area contributed by atoms with Crippen LogP contribution in [0, 0.1) is 13.8 Å². The van der Waals surface area contributed by atoms with Crippen LogP contribution in [0.2, 0.25) is 0 Å². The summed E-state index contributed by atoms with van der Waals surface area (Å²) in [4.78, 5) is 0. The lowest BCUT2D eigenvalue weighted by atomic mass is 10.1. The van der Waals surface area contributed by atoms with Crippen LogP contribution in [0.15, 0.2) is 34.8 Å². The molecule has 3 rings (SSSR count). The molecule has 0 unspecified atom stereocenters. The summed E-state index contributed by atoms with van der Waals surface area (Å²) >= 11 is 3.65. The molecule has 0 aromatic heterocycles. The van der Waals surface area contributed by atoms with Gasteiger partial charge in [0.1, 0.15) is 5.75 Å². The molecule has 20 heavy (non-hydrogen) atoms. The van der Waals surface area contributed by atoms with Gasteiger partial charge in [0.25, 0.3) is 0 Å². The lowest BCUT2D eigenvalue weighted by molar-refractivity contribution is 0.357. The summed E-state index contributed by atoms with van der Waals surface area (Å²) in [5.74, 6) is 1.02. The molecule has 2 aromatic carbocycles. The number of halogens is 1. The molecule has 0 atom stereocenters. The summed E-state index contributed by atoms with van der Waals surface area (Å²) in [6, 6.07) is 10.7. The fraction of sp³-hybridized carbons (Fsp3) is 0.294. The Morgan fingerprint density at radius 1 is 1.20 bits per heavy atom. The van der Waals surface area contributed by atoms with Gasteiger partial charge in [0.05, 0.1) is 6.61 Å². The Morgan fingerprint density at radius 3 is 2.90 bits per heavy atom. The molecule has 1 N–H and O–H groups in total. The van der Waals surface area contributed by atoms with Crippen LogP contribution >= 0.6 is 15.9 Å². The zero-order valence-electron chi connectivity index (χ0n) is 11.8. The van der Waals surface area contributed by atoms with Crippen molar-refractivity contribution in [3.8, 4) is 5.75 Å². The van der Waals surface area contributed by atoms with E-state index in [4.69, 9.17) is 4.74 Å². The number of anilines is 1. The van der Waals surface area contributed by atoms with Gasteiger partial charge in [0.15, 0.2) is 0 Å². The van der Waals surface area contributed by atoms with Crippen LogP contribution < -0.4 is 10.1 Å². The molecule has 104 valence electrons. The Morgan fingerprint density at radius 2 is 2.05 bits per heavy atom. The highest BCUT2D eigenvalue weighted by molar-refractivity contribution is 9.10. The quantitative estimate of drug-likeness (QED) is 0.886. The maximum atomic E-state index is 5.60. The van der Waals surface area contributed by atoms with E-state index in [9.17, 15) is 0 Å². The minimum atomic E-state index is 0.808. The molecule has 2 nitrogen and oxygen atoms in total. The Balaban J connectivity index is 1.75. The topological polar surface area (TPSA) is 21.3 Å². The molecular formula is C17H18BrNO. The fourth-order valence-electron chi connectivity index (χ4n) is 2.53.